The molecule has 1 aromatic carbocycles. The van der Waals surface area contributed by atoms with E-state index in [9.17, 15) is 18.0 Å². The Morgan fingerprint density at radius 1 is 1.19 bits per heavy atom. The molecule has 1 aliphatic heterocycles. The first kappa shape index (κ1) is 15.8. The number of nitrogens with one attached hydrogen (secondary N) is 1. The van der Waals surface area contributed by atoms with Crippen LogP contribution in [0, 0.1) is 5.92 Å². The molecule has 1 amide bonds. The van der Waals surface area contributed by atoms with Crippen LogP contribution in [0.25, 0.3) is 0 Å². The fourth-order valence-electron chi connectivity index (χ4n) is 2.56. The summed E-state index contributed by atoms with van der Waals surface area (Å²) in [6, 6.07) is 8.79. The van der Waals surface area contributed by atoms with Gasteiger partial charge in [0.05, 0.1) is 0 Å². The zero-order valence-electron chi connectivity index (χ0n) is 11.7. The van der Waals surface area contributed by atoms with Crippen molar-refractivity contribution in [2.45, 2.75) is 25.6 Å². The number of halogens is 3. The largest absolute Gasteiger partial charge is 0.406 e. The highest BCUT2D eigenvalue weighted by Crippen LogP contribution is 2.22. The second-order valence-electron chi connectivity index (χ2n) is 5.32. The molecule has 1 aliphatic rings. The summed E-state index contributed by atoms with van der Waals surface area (Å²) in [6.45, 7) is 0.178. The van der Waals surface area contributed by atoms with Crippen LogP contribution < -0.4 is 5.32 Å². The maximum Gasteiger partial charge on any atom is 0.406 e. The third kappa shape index (κ3) is 5.04. The van der Waals surface area contributed by atoms with Crippen LogP contribution in [-0.2, 0) is 11.3 Å². The van der Waals surface area contributed by atoms with Gasteiger partial charge < -0.3 is 10.2 Å². The summed E-state index contributed by atoms with van der Waals surface area (Å²) >= 11 is 0. The Morgan fingerprint density at radius 2 is 1.81 bits per heavy atom. The molecule has 0 atom stereocenters. The van der Waals surface area contributed by atoms with E-state index in [1.54, 1.807) is 30.3 Å². The highest BCUT2D eigenvalue weighted by atomic mass is 19.4. The molecule has 0 aliphatic carbocycles. The molecule has 3 nitrogen and oxygen atoms in total. The van der Waals surface area contributed by atoms with Gasteiger partial charge in [0.1, 0.15) is 6.54 Å². The third-order valence-electron chi connectivity index (χ3n) is 3.59. The van der Waals surface area contributed by atoms with Gasteiger partial charge in [-0.15, -0.1) is 0 Å². The van der Waals surface area contributed by atoms with Gasteiger partial charge in [-0.05, 0) is 31.5 Å². The molecule has 2 rings (SSSR count). The summed E-state index contributed by atoms with van der Waals surface area (Å²) in [5.74, 6) is -0.699. The molecule has 1 saturated heterocycles. The van der Waals surface area contributed by atoms with Gasteiger partial charge in [0.15, 0.2) is 0 Å². The molecule has 0 saturated carbocycles. The van der Waals surface area contributed by atoms with E-state index >= 15 is 0 Å². The summed E-state index contributed by atoms with van der Waals surface area (Å²) in [6.07, 6.45) is -3.18. The molecular weight excluding hydrogens is 281 g/mol. The summed E-state index contributed by atoms with van der Waals surface area (Å²) < 4.78 is 38.2. The van der Waals surface area contributed by atoms with Crippen LogP contribution in [0.3, 0.4) is 0 Å². The lowest BCUT2D eigenvalue weighted by molar-refractivity contribution is -0.165. The minimum atomic E-state index is -4.38. The van der Waals surface area contributed by atoms with Crippen molar-refractivity contribution in [1.82, 2.24) is 10.2 Å². The van der Waals surface area contributed by atoms with Crippen LogP contribution in [-0.4, -0.2) is 36.6 Å². The van der Waals surface area contributed by atoms with Crippen molar-refractivity contribution in [3.05, 3.63) is 35.9 Å². The van der Waals surface area contributed by atoms with Crippen molar-refractivity contribution in [3.8, 4) is 0 Å². The van der Waals surface area contributed by atoms with E-state index in [-0.39, 0.29) is 12.5 Å². The average molecular weight is 300 g/mol. The SMILES string of the molecule is O=C(C1CCNCC1)N(Cc1ccccc1)CC(F)(F)F. The number of hydrogen-bond donors (Lipinski definition) is 1. The van der Waals surface area contributed by atoms with E-state index in [0.29, 0.717) is 31.5 Å². The van der Waals surface area contributed by atoms with Gasteiger partial charge in [0, 0.05) is 12.5 Å². The molecule has 116 valence electrons. The Morgan fingerprint density at radius 3 is 2.38 bits per heavy atom. The van der Waals surface area contributed by atoms with Gasteiger partial charge in [0.25, 0.3) is 0 Å². The zero-order valence-corrected chi connectivity index (χ0v) is 11.7. The summed E-state index contributed by atoms with van der Waals surface area (Å²) in [5, 5.41) is 3.11. The molecule has 6 heteroatoms. The Balaban J connectivity index is 2.09. The number of hydrogen-bond acceptors (Lipinski definition) is 2. The van der Waals surface area contributed by atoms with E-state index < -0.39 is 18.6 Å². The highest BCUT2D eigenvalue weighted by Gasteiger charge is 2.35. The molecule has 1 N–H and O–H groups in total. The first-order valence-corrected chi connectivity index (χ1v) is 7.06. The maximum absolute atomic E-state index is 12.7. The monoisotopic (exact) mass is 300 g/mol. The number of carbonyl (C=O) groups excluding carboxylic acids is 1. The van der Waals surface area contributed by atoms with Crippen LogP contribution in [0.4, 0.5) is 13.2 Å². The van der Waals surface area contributed by atoms with Crippen molar-refractivity contribution < 1.29 is 18.0 Å². The van der Waals surface area contributed by atoms with Crippen molar-refractivity contribution in [1.29, 1.82) is 0 Å². The van der Waals surface area contributed by atoms with Crippen molar-refractivity contribution in [3.63, 3.8) is 0 Å². The predicted octanol–water partition coefficient (Wildman–Crippen LogP) is 2.58. The second kappa shape index (κ2) is 6.93. The van der Waals surface area contributed by atoms with E-state index in [2.05, 4.69) is 5.32 Å². The molecule has 21 heavy (non-hydrogen) atoms. The lowest BCUT2D eigenvalue weighted by atomic mass is 9.96. The highest BCUT2D eigenvalue weighted by molar-refractivity contribution is 5.79. The summed E-state index contributed by atoms with van der Waals surface area (Å²) in [5.41, 5.74) is 0.712. The molecule has 0 bridgehead atoms. The van der Waals surface area contributed by atoms with Gasteiger partial charge in [-0.25, -0.2) is 0 Å². The predicted molar refractivity (Wildman–Crippen MR) is 73.5 cm³/mol. The Kier molecular flexibility index (Phi) is 5.22. The molecule has 0 aromatic heterocycles. The molecule has 1 heterocycles. The van der Waals surface area contributed by atoms with Crippen LogP contribution in [0.5, 0.6) is 0 Å². The summed E-state index contributed by atoms with van der Waals surface area (Å²) in [4.78, 5) is 13.3. The van der Waals surface area contributed by atoms with E-state index in [0.717, 1.165) is 4.90 Å². The number of carbonyl (C=O) groups is 1. The number of piperidine rings is 1. The fourth-order valence-corrected chi connectivity index (χ4v) is 2.56. The van der Waals surface area contributed by atoms with E-state index in [1.165, 1.54) is 0 Å². The van der Waals surface area contributed by atoms with Gasteiger partial charge >= 0.3 is 6.18 Å². The van der Waals surface area contributed by atoms with Crippen molar-refractivity contribution >= 4 is 5.91 Å². The number of amides is 1. The molecule has 0 unspecified atom stereocenters. The lowest BCUT2D eigenvalue weighted by Gasteiger charge is -2.30. The fraction of sp³-hybridized carbons (Fsp3) is 0.533. The normalized spacial score (nSPS) is 16.7. The molecule has 1 aromatic rings. The van der Waals surface area contributed by atoms with E-state index in [1.807, 2.05) is 0 Å². The quantitative estimate of drug-likeness (QED) is 0.927. The minimum Gasteiger partial charge on any atom is -0.329 e. The molecule has 0 spiro atoms. The standard InChI is InChI=1S/C15H19F3N2O/c16-15(17,18)11-20(10-12-4-2-1-3-5-12)14(21)13-6-8-19-9-7-13/h1-5,13,19H,6-11H2. The molecular formula is C15H19F3N2O. The van der Waals surface area contributed by atoms with Gasteiger partial charge in [-0.2, -0.15) is 13.2 Å². The lowest BCUT2D eigenvalue weighted by Crippen LogP contribution is -2.44. The smallest absolute Gasteiger partial charge is 0.329 e. The van der Waals surface area contributed by atoms with E-state index in [4.69, 9.17) is 0 Å². The van der Waals surface area contributed by atoms with Crippen molar-refractivity contribution in [2.24, 2.45) is 5.92 Å². The topological polar surface area (TPSA) is 32.3 Å². The average Bonchev–Trinajstić information content (AvgIpc) is 2.46. The maximum atomic E-state index is 12.7. The number of benzene rings is 1. The van der Waals surface area contributed by atoms with Crippen molar-refractivity contribution in [2.75, 3.05) is 19.6 Å². The van der Waals surface area contributed by atoms with Crippen LogP contribution in [0.2, 0.25) is 0 Å². The molecule has 1 fully saturated rings. The summed E-state index contributed by atoms with van der Waals surface area (Å²) in [7, 11) is 0. The number of rotatable bonds is 4. The second-order valence-corrected chi connectivity index (χ2v) is 5.32. The van der Waals surface area contributed by atoms with Crippen LogP contribution in [0.1, 0.15) is 18.4 Å². The Hall–Kier alpha value is -1.56. The Bertz CT molecular complexity index is 456. The Labute approximate surface area is 122 Å². The minimum absolute atomic E-state index is 0.00309. The number of nitrogens with zero attached hydrogens (tertiary/aromatic N) is 1. The first-order valence-electron chi connectivity index (χ1n) is 7.06. The molecule has 0 radical (unpaired) electrons. The van der Waals surface area contributed by atoms with Gasteiger partial charge in [-0.3, -0.25) is 4.79 Å². The van der Waals surface area contributed by atoms with Crippen LogP contribution >= 0.6 is 0 Å². The first-order chi connectivity index (χ1) is 9.96. The zero-order chi connectivity index (χ0) is 15.3. The number of alkyl halides is 3. The van der Waals surface area contributed by atoms with Gasteiger partial charge in [-0.1, -0.05) is 30.3 Å². The third-order valence-corrected chi connectivity index (χ3v) is 3.59. The van der Waals surface area contributed by atoms with Crippen LogP contribution in [0.15, 0.2) is 30.3 Å². The van der Waals surface area contributed by atoms with Gasteiger partial charge in [0.2, 0.25) is 5.91 Å².